The lowest BCUT2D eigenvalue weighted by atomic mass is 10.1. The van der Waals surface area contributed by atoms with Gasteiger partial charge in [-0.1, -0.05) is 24.3 Å². The van der Waals surface area contributed by atoms with E-state index >= 15 is 0 Å². The topological polar surface area (TPSA) is 101 Å². The molecule has 1 fully saturated rings. The molecule has 1 N–H and O–H groups in total. The van der Waals surface area contributed by atoms with Crippen LogP contribution in [-0.4, -0.2) is 72.6 Å². The number of fused-ring (bicyclic) bond motifs is 1. The Morgan fingerprint density at radius 3 is 2.56 bits per heavy atom. The number of esters is 1. The number of benzene rings is 3. The quantitative estimate of drug-likeness (QED) is 0.282. The van der Waals surface area contributed by atoms with Crippen molar-refractivity contribution in [2.75, 3.05) is 57.4 Å². The van der Waals surface area contributed by atoms with E-state index in [4.69, 9.17) is 13.9 Å². The van der Waals surface area contributed by atoms with Crippen molar-refractivity contribution in [2.45, 2.75) is 6.61 Å². The predicted molar refractivity (Wildman–Crippen MR) is 161 cm³/mol. The molecular weight excluding hydrogens is 542 g/mol. The average molecular weight is 576 g/mol. The number of piperazine rings is 1. The first kappa shape index (κ1) is 28.5. The molecule has 0 spiro atoms. The summed E-state index contributed by atoms with van der Waals surface area (Å²) in [6.07, 6.45) is 2.99. The Hall–Kier alpha value is -3.99. The summed E-state index contributed by atoms with van der Waals surface area (Å²) < 4.78 is 31.4. The van der Waals surface area contributed by atoms with Gasteiger partial charge in [-0.2, -0.15) is 0 Å². The fraction of sp³-hybridized carbons (Fsp3) is 0.290. The van der Waals surface area contributed by atoms with Crippen LogP contribution in [0.4, 0.5) is 5.69 Å². The lowest BCUT2D eigenvalue weighted by Gasteiger charge is -2.32. The summed E-state index contributed by atoms with van der Waals surface area (Å²) >= 11 is 0. The molecular formula is C31H33N3O6S. The van der Waals surface area contributed by atoms with Crippen LogP contribution in [0.1, 0.15) is 15.9 Å². The smallest absolute Gasteiger partial charge is 0.338 e. The van der Waals surface area contributed by atoms with Crippen LogP contribution in [0.5, 0.6) is 5.75 Å². The van der Waals surface area contributed by atoms with Crippen LogP contribution in [-0.2, 0) is 22.3 Å². The number of hydrogen-bond acceptors (Lipinski definition) is 8. The van der Waals surface area contributed by atoms with Crippen molar-refractivity contribution in [3.8, 4) is 16.9 Å². The molecule has 1 aliphatic rings. The van der Waals surface area contributed by atoms with Crippen molar-refractivity contribution in [3.05, 3.63) is 94.3 Å². The second-order valence-corrected chi connectivity index (χ2v) is 11.2. The standard InChI is InChI=1S/C31H33N3O6S/c1-33-12-14-34(15-13-33)16-17-38-31(36)24-5-3-4-22(18-24)20-39-26-10-11-27-29(19-26)40-21-28(30(27)35)23-6-8-25(9-7-23)32-41(2)37/h3-11,18-19,21,32H,12-17,20H2,1-2H3. The molecule has 1 aliphatic heterocycles. The van der Waals surface area contributed by atoms with Gasteiger partial charge in [0.15, 0.2) is 5.43 Å². The minimum Gasteiger partial charge on any atom is -0.489 e. The zero-order valence-electron chi connectivity index (χ0n) is 23.1. The lowest BCUT2D eigenvalue weighted by Crippen LogP contribution is -2.45. The van der Waals surface area contributed by atoms with Crippen LogP contribution < -0.4 is 14.9 Å². The van der Waals surface area contributed by atoms with Gasteiger partial charge in [-0.3, -0.25) is 9.69 Å². The van der Waals surface area contributed by atoms with E-state index in [1.54, 1.807) is 66.9 Å². The molecule has 5 rings (SSSR count). The first-order valence-corrected chi connectivity index (χ1v) is 15.0. The monoisotopic (exact) mass is 575 g/mol. The molecule has 3 aromatic carbocycles. The van der Waals surface area contributed by atoms with E-state index in [1.807, 2.05) is 6.07 Å². The van der Waals surface area contributed by atoms with Gasteiger partial charge in [-0.25, -0.2) is 9.00 Å². The van der Waals surface area contributed by atoms with Crippen molar-refractivity contribution in [1.29, 1.82) is 0 Å². The molecule has 0 saturated carbocycles. The van der Waals surface area contributed by atoms with E-state index in [9.17, 15) is 13.8 Å². The molecule has 1 unspecified atom stereocenters. The summed E-state index contributed by atoms with van der Waals surface area (Å²) in [6, 6.07) is 19.4. The number of carbonyl (C=O) groups is 1. The van der Waals surface area contributed by atoms with Gasteiger partial charge in [0.2, 0.25) is 0 Å². The first-order chi connectivity index (χ1) is 19.9. The maximum atomic E-state index is 13.1. The molecule has 2 heterocycles. The van der Waals surface area contributed by atoms with Crippen LogP contribution in [0, 0.1) is 0 Å². The van der Waals surface area contributed by atoms with Crippen molar-refractivity contribution in [1.82, 2.24) is 9.80 Å². The number of carbonyl (C=O) groups excluding carboxylic acids is 1. The average Bonchev–Trinajstić information content (AvgIpc) is 2.97. The van der Waals surface area contributed by atoms with Crippen LogP contribution >= 0.6 is 0 Å². The minimum atomic E-state index is -1.18. The van der Waals surface area contributed by atoms with Gasteiger partial charge in [-0.05, 0) is 54.6 Å². The number of hydrogen-bond donors (Lipinski definition) is 1. The highest BCUT2D eigenvalue weighted by Crippen LogP contribution is 2.25. The third kappa shape index (κ3) is 7.40. The molecule has 9 nitrogen and oxygen atoms in total. The van der Waals surface area contributed by atoms with Gasteiger partial charge >= 0.3 is 5.97 Å². The maximum absolute atomic E-state index is 13.1. The lowest BCUT2D eigenvalue weighted by molar-refractivity contribution is 0.0432. The molecule has 4 aromatic rings. The molecule has 1 atom stereocenters. The second kappa shape index (κ2) is 13.1. The van der Waals surface area contributed by atoms with Crippen molar-refractivity contribution in [3.63, 3.8) is 0 Å². The van der Waals surface area contributed by atoms with Crippen molar-refractivity contribution >= 4 is 33.6 Å². The van der Waals surface area contributed by atoms with E-state index < -0.39 is 11.0 Å². The number of anilines is 1. The molecule has 214 valence electrons. The fourth-order valence-corrected chi connectivity index (χ4v) is 5.13. The second-order valence-electron chi connectivity index (χ2n) is 10.0. The summed E-state index contributed by atoms with van der Waals surface area (Å²) in [6.45, 7) is 5.34. The first-order valence-electron chi connectivity index (χ1n) is 13.4. The number of ether oxygens (including phenoxy) is 2. The highest BCUT2D eigenvalue weighted by atomic mass is 32.2. The van der Waals surface area contributed by atoms with Gasteiger partial charge in [0.05, 0.1) is 16.5 Å². The van der Waals surface area contributed by atoms with E-state index in [1.165, 1.54) is 6.26 Å². The Kier molecular flexibility index (Phi) is 9.13. The molecule has 0 bridgehead atoms. The third-order valence-corrected chi connectivity index (χ3v) is 7.53. The van der Waals surface area contributed by atoms with Crippen LogP contribution in [0.2, 0.25) is 0 Å². The largest absolute Gasteiger partial charge is 0.489 e. The van der Waals surface area contributed by atoms with Gasteiger partial charge in [0.1, 0.15) is 41.8 Å². The number of rotatable bonds is 10. The number of nitrogens with one attached hydrogen (secondary N) is 1. The van der Waals surface area contributed by atoms with E-state index in [0.29, 0.717) is 45.7 Å². The van der Waals surface area contributed by atoms with E-state index in [-0.39, 0.29) is 18.0 Å². The van der Waals surface area contributed by atoms with E-state index in [2.05, 4.69) is 21.6 Å². The van der Waals surface area contributed by atoms with Gasteiger partial charge in [0.25, 0.3) is 0 Å². The highest BCUT2D eigenvalue weighted by Gasteiger charge is 2.15. The Morgan fingerprint density at radius 1 is 1.02 bits per heavy atom. The fourth-order valence-electron chi connectivity index (χ4n) is 4.66. The van der Waals surface area contributed by atoms with Crippen LogP contribution in [0.3, 0.4) is 0 Å². The Bertz CT molecular complexity index is 1600. The van der Waals surface area contributed by atoms with Gasteiger partial charge < -0.3 is 23.5 Å². The van der Waals surface area contributed by atoms with Crippen molar-refractivity contribution < 1.29 is 22.9 Å². The third-order valence-electron chi connectivity index (χ3n) is 7.01. The number of nitrogens with zero attached hydrogens (tertiary/aromatic N) is 2. The van der Waals surface area contributed by atoms with Gasteiger partial charge in [-0.15, -0.1) is 0 Å². The SMILES string of the molecule is CN1CCN(CCOC(=O)c2cccc(COc3ccc4c(=O)c(-c5ccc(NS(C)=O)cc5)coc4c3)c2)CC1. The molecule has 0 amide bonds. The minimum absolute atomic E-state index is 0.156. The predicted octanol–water partition coefficient (Wildman–Crippen LogP) is 4.15. The highest BCUT2D eigenvalue weighted by molar-refractivity contribution is 7.85. The summed E-state index contributed by atoms with van der Waals surface area (Å²) in [4.78, 5) is 30.3. The zero-order valence-corrected chi connectivity index (χ0v) is 23.9. The zero-order chi connectivity index (χ0) is 28.8. The number of likely N-dealkylation sites (N-methyl/N-ethyl adjacent to an activating group) is 1. The Labute approximate surface area is 241 Å². The Balaban J connectivity index is 1.19. The summed E-state index contributed by atoms with van der Waals surface area (Å²) in [5.41, 5.74) is 3.39. The molecule has 41 heavy (non-hydrogen) atoms. The van der Waals surface area contributed by atoms with Crippen molar-refractivity contribution in [2.24, 2.45) is 0 Å². The molecule has 0 radical (unpaired) electrons. The van der Waals surface area contributed by atoms with Crippen LogP contribution in [0.25, 0.3) is 22.1 Å². The van der Waals surface area contributed by atoms with Gasteiger partial charge in [0, 0.05) is 50.7 Å². The molecule has 10 heteroatoms. The van der Waals surface area contributed by atoms with E-state index in [0.717, 1.165) is 38.3 Å². The Morgan fingerprint density at radius 2 is 1.80 bits per heavy atom. The molecule has 0 aliphatic carbocycles. The summed E-state index contributed by atoms with van der Waals surface area (Å²) in [5, 5.41) is 0.438. The summed E-state index contributed by atoms with van der Waals surface area (Å²) in [7, 11) is 0.933. The molecule has 1 saturated heterocycles. The van der Waals surface area contributed by atoms with Crippen LogP contribution in [0.15, 0.2) is 82.2 Å². The molecule has 1 aromatic heterocycles. The normalized spacial score (nSPS) is 15.0. The maximum Gasteiger partial charge on any atom is 0.338 e. The summed E-state index contributed by atoms with van der Waals surface area (Å²) in [5.74, 6) is 0.187.